The first kappa shape index (κ1) is 16.2. The van der Waals surface area contributed by atoms with Gasteiger partial charge in [0.1, 0.15) is 5.82 Å². The fourth-order valence-electron chi connectivity index (χ4n) is 2.58. The molecule has 0 amide bonds. The van der Waals surface area contributed by atoms with Crippen molar-refractivity contribution in [2.75, 3.05) is 26.2 Å². The highest BCUT2D eigenvalue weighted by Gasteiger charge is 2.31. The summed E-state index contributed by atoms with van der Waals surface area (Å²) in [4.78, 5) is 2.38. The Kier molecular flexibility index (Phi) is 5.58. The van der Waals surface area contributed by atoms with Gasteiger partial charge in [0.2, 0.25) is 0 Å². The highest BCUT2D eigenvalue weighted by Crippen LogP contribution is 2.30. The van der Waals surface area contributed by atoms with Crippen LogP contribution in [0, 0.1) is 5.82 Å². The maximum Gasteiger partial charge on any atom is 0.416 e. The zero-order chi connectivity index (χ0) is 15.3. The van der Waals surface area contributed by atoms with Gasteiger partial charge >= 0.3 is 6.18 Å². The van der Waals surface area contributed by atoms with Gasteiger partial charge in [-0.1, -0.05) is 0 Å². The molecule has 6 heteroatoms. The summed E-state index contributed by atoms with van der Waals surface area (Å²) in [6.45, 7) is 4.25. The van der Waals surface area contributed by atoms with Crippen molar-refractivity contribution in [3.8, 4) is 0 Å². The van der Waals surface area contributed by atoms with Gasteiger partial charge in [0.15, 0.2) is 0 Å². The number of benzene rings is 1. The summed E-state index contributed by atoms with van der Waals surface area (Å²) in [5.41, 5.74) is -0.611. The van der Waals surface area contributed by atoms with Gasteiger partial charge in [-0.2, -0.15) is 13.2 Å². The van der Waals surface area contributed by atoms with Crippen molar-refractivity contribution in [2.45, 2.75) is 32.0 Å². The lowest BCUT2D eigenvalue weighted by molar-refractivity contribution is -0.137. The Balaban J connectivity index is 1.76. The van der Waals surface area contributed by atoms with E-state index in [1.165, 1.54) is 12.8 Å². The van der Waals surface area contributed by atoms with Crippen LogP contribution >= 0.6 is 0 Å². The minimum atomic E-state index is -4.51. The molecular formula is C15H20F4N2. The van der Waals surface area contributed by atoms with Crippen LogP contribution in [0.2, 0.25) is 0 Å². The van der Waals surface area contributed by atoms with Crippen LogP contribution in [0.15, 0.2) is 18.2 Å². The SMILES string of the molecule is Fc1cc(CNCCCN2CCCC2)cc(C(F)(F)F)c1. The summed E-state index contributed by atoms with van der Waals surface area (Å²) in [5.74, 6) is -0.848. The van der Waals surface area contributed by atoms with E-state index in [1.54, 1.807) is 0 Å². The van der Waals surface area contributed by atoms with E-state index in [4.69, 9.17) is 0 Å². The van der Waals surface area contributed by atoms with Gasteiger partial charge in [0.05, 0.1) is 5.56 Å². The fourth-order valence-corrected chi connectivity index (χ4v) is 2.58. The minimum absolute atomic E-state index is 0.251. The maximum absolute atomic E-state index is 13.2. The third-order valence-electron chi connectivity index (χ3n) is 3.64. The molecule has 1 fully saturated rings. The predicted molar refractivity (Wildman–Crippen MR) is 73.4 cm³/mol. The second-order valence-electron chi connectivity index (χ2n) is 5.42. The average molecular weight is 304 g/mol. The summed E-state index contributed by atoms with van der Waals surface area (Å²) in [6, 6.07) is 2.66. The van der Waals surface area contributed by atoms with E-state index < -0.39 is 17.6 Å². The Labute approximate surface area is 122 Å². The van der Waals surface area contributed by atoms with Crippen molar-refractivity contribution in [1.29, 1.82) is 0 Å². The summed E-state index contributed by atoms with van der Waals surface area (Å²) in [7, 11) is 0. The van der Waals surface area contributed by atoms with Gasteiger partial charge in [-0.15, -0.1) is 0 Å². The number of halogens is 4. The largest absolute Gasteiger partial charge is 0.416 e. The minimum Gasteiger partial charge on any atom is -0.313 e. The molecule has 0 atom stereocenters. The fraction of sp³-hybridized carbons (Fsp3) is 0.600. The number of rotatable bonds is 6. The molecule has 2 rings (SSSR count). The molecule has 0 spiro atoms. The van der Waals surface area contributed by atoms with E-state index in [0.717, 1.165) is 38.2 Å². The van der Waals surface area contributed by atoms with Crippen molar-refractivity contribution in [2.24, 2.45) is 0 Å². The smallest absolute Gasteiger partial charge is 0.313 e. The van der Waals surface area contributed by atoms with E-state index >= 15 is 0 Å². The molecule has 0 aliphatic carbocycles. The topological polar surface area (TPSA) is 15.3 Å². The molecule has 21 heavy (non-hydrogen) atoms. The van der Waals surface area contributed by atoms with Crippen LogP contribution in [0.3, 0.4) is 0 Å². The van der Waals surface area contributed by atoms with Gasteiger partial charge in [-0.3, -0.25) is 0 Å². The lowest BCUT2D eigenvalue weighted by Gasteiger charge is -2.14. The van der Waals surface area contributed by atoms with E-state index in [9.17, 15) is 17.6 Å². The lowest BCUT2D eigenvalue weighted by atomic mass is 10.1. The van der Waals surface area contributed by atoms with Gasteiger partial charge in [-0.05, 0) is 69.2 Å². The third kappa shape index (κ3) is 5.28. The zero-order valence-electron chi connectivity index (χ0n) is 11.8. The van der Waals surface area contributed by atoms with E-state index in [0.29, 0.717) is 18.2 Å². The van der Waals surface area contributed by atoms with Gasteiger partial charge in [0, 0.05) is 6.54 Å². The quantitative estimate of drug-likeness (QED) is 0.640. The molecule has 0 aromatic heterocycles. The molecule has 0 radical (unpaired) electrons. The molecule has 0 saturated carbocycles. The summed E-state index contributed by atoms with van der Waals surface area (Å²) in [5, 5.41) is 3.07. The molecule has 118 valence electrons. The Bertz CT molecular complexity index is 453. The number of alkyl halides is 3. The Morgan fingerprint density at radius 1 is 1.10 bits per heavy atom. The monoisotopic (exact) mass is 304 g/mol. The molecule has 2 nitrogen and oxygen atoms in total. The van der Waals surface area contributed by atoms with Crippen LogP contribution < -0.4 is 5.32 Å². The molecule has 1 saturated heterocycles. The molecule has 0 unspecified atom stereocenters. The number of hydrogen-bond acceptors (Lipinski definition) is 2. The van der Waals surface area contributed by atoms with Crippen LogP contribution in [0.25, 0.3) is 0 Å². The van der Waals surface area contributed by atoms with E-state index in [1.807, 2.05) is 0 Å². The van der Waals surface area contributed by atoms with Crippen LogP contribution in [0.1, 0.15) is 30.4 Å². The Morgan fingerprint density at radius 3 is 2.48 bits per heavy atom. The summed E-state index contributed by atoms with van der Waals surface area (Å²) in [6.07, 6.45) is -1.07. The van der Waals surface area contributed by atoms with E-state index in [-0.39, 0.29) is 6.54 Å². The molecule has 1 aliphatic heterocycles. The third-order valence-corrected chi connectivity index (χ3v) is 3.64. The first-order valence-electron chi connectivity index (χ1n) is 7.25. The Morgan fingerprint density at radius 2 is 1.81 bits per heavy atom. The molecule has 1 heterocycles. The van der Waals surface area contributed by atoms with Crippen molar-refractivity contribution in [3.63, 3.8) is 0 Å². The lowest BCUT2D eigenvalue weighted by Crippen LogP contribution is -2.24. The molecule has 0 bridgehead atoms. The zero-order valence-corrected chi connectivity index (χ0v) is 11.8. The highest BCUT2D eigenvalue weighted by molar-refractivity contribution is 5.26. The predicted octanol–water partition coefficient (Wildman–Crippen LogP) is 3.42. The van der Waals surface area contributed by atoms with Crippen molar-refractivity contribution in [1.82, 2.24) is 10.2 Å². The van der Waals surface area contributed by atoms with Gasteiger partial charge < -0.3 is 10.2 Å². The second-order valence-corrected chi connectivity index (χ2v) is 5.42. The summed E-state index contributed by atoms with van der Waals surface area (Å²) >= 11 is 0. The van der Waals surface area contributed by atoms with Gasteiger partial charge in [0.25, 0.3) is 0 Å². The van der Waals surface area contributed by atoms with Crippen LogP contribution in [0.4, 0.5) is 17.6 Å². The normalized spacial score (nSPS) is 16.6. The number of nitrogens with one attached hydrogen (secondary N) is 1. The number of hydrogen-bond donors (Lipinski definition) is 1. The van der Waals surface area contributed by atoms with E-state index in [2.05, 4.69) is 10.2 Å². The average Bonchev–Trinajstić information content (AvgIpc) is 2.90. The molecule has 1 aromatic carbocycles. The van der Waals surface area contributed by atoms with Crippen molar-refractivity contribution >= 4 is 0 Å². The first-order chi connectivity index (χ1) is 9.95. The van der Waals surface area contributed by atoms with Crippen molar-refractivity contribution < 1.29 is 17.6 Å². The molecule has 1 aromatic rings. The van der Waals surface area contributed by atoms with Crippen molar-refractivity contribution in [3.05, 3.63) is 35.1 Å². The standard InChI is InChI=1S/C15H20F4N2/c16-14-9-12(8-13(10-14)15(17,18)19)11-20-4-3-7-21-5-1-2-6-21/h8-10,20H,1-7,11H2. The van der Waals surface area contributed by atoms with Crippen LogP contribution in [-0.4, -0.2) is 31.1 Å². The maximum atomic E-state index is 13.2. The molecular weight excluding hydrogens is 284 g/mol. The second kappa shape index (κ2) is 7.22. The first-order valence-corrected chi connectivity index (χ1v) is 7.25. The highest BCUT2D eigenvalue weighted by atomic mass is 19.4. The summed E-state index contributed by atoms with van der Waals surface area (Å²) < 4.78 is 50.9. The van der Waals surface area contributed by atoms with Crippen LogP contribution in [-0.2, 0) is 12.7 Å². The number of likely N-dealkylation sites (tertiary alicyclic amines) is 1. The molecule has 1 aliphatic rings. The number of nitrogens with zero attached hydrogens (tertiary/aromatic N) is 1. The Hall–Kier alpha value is -1.14. The van der Waals surface area contributed by atoms with Gasteiger partial charge in [-0.25, -0.2) is 4.39 Å². The molecule has 1 N–H and O–H groups in total. The van der Waals surface area contributed by atoms with Crippen LogP contribution in [0.5, 0.6) is 0 Å².